The summed E-state index contributed by atoms with van der Waals surface area (Å²) in [5.74, 6) is 2.74. The Balaban J connectivity index is 1.25. The van der Waals surface area contributed by atoms with E-state index < -0.39 is 89.5 Å². The summed E-state index contributed by atoms with van der Waals surface area (Å²) in [6, 6.07) is 8.59. The quantitative estimate of drug-likeness (QED) is 0.112. The number of nitrogens with zero attached hydrogens (tertiary/aromatic N) is 5. The van der Waals surface area contributed by atoms with Crippen LogP contribution in [0.25, 0.3) is 10.4 Å². The fraction of sp³-hybridized carbons (Fsp3) is 0.750. The lowest BCUT2D eigenvalue weighted by molar-refractivity contribution is -0.275. The van der Waals surface area contributed by atoms with Crippen molar-refractivity contribution in [3.63, 3.8) is 0 Å². The first kappa shape index (κ1) is 59.0. The lowest BCUT2D eigenvalue weighted by Gasteiger charge is -2.51. The molecule has 3 fully saturated rings. The van der Waals surface area contributed by atoms with E-state index in [2.05, 4.69) is 103 Å². The Labute approximate surface area is 440 Å². The number of benzene rings is 1. The number of cyclic esters (lactones) is 1. The highest BCUT2D eigenvalue weighted by atomic mass is 32.1. The Hall–Kier alpha value is -3.22. The Morgan fingerprint density at radius 3 is 2.34 bits per heavy atom. The highest BCUT2D eigenvalue weighted by Crippen LogP contribution is 2.45. The largest absolute Gasteiger partial charge is 0.446 e. The predicted octanol–water partition coefficient (Wildman–Crippen LogP) is 6.23. The number of hydrogen-bond acceptors (Lipinski definition) is 17. The predicted molar refractivity (Wildman–Crippen MR) is 284 cm³/mol. The molecule has 16 nitrogen and oxygen atoms in total. The van der Waals surface area contributed by atoms with Gasteiger partial charge in [-0.1, -0.05) is 57.9 Å². The average Bonchev–Trinajstić information content (AvgIpc) is 4.02. The highest BCUT2D eigenvalue weighted by molar-refractivity contribution is 7.13. The molecule has 17 heteroatoms. The number of hydrogen-bond donors (Lipinski definition) is 5. The number of likely N-dealkylation sites (N-methyl/N-ethyl adjacent to an activating group) is 1. The van der Waals surface area contributed by atoms with Crippen LogP contribution in [-0.2, 0) is 34.9 Å². The van der Waals surface area contributed by atoms with E-state index >= 15 is 0 Å². The van der Waals surface area contributed by atoms with Gasteiger partial charge in [-0.15, -0.1) is 22.8 Å². The van der Waals surface area contributed by atoms with Gasteiger partial charge in [0.25, 0.3) is 0 Å². The number of methoxy groups -OCH3 is 1. The second kappa shape index (κ2) is 24.8. The first-order valence-electron chi connectivity index (χ1n) is 26.7. The normalized spacial score (nSPS) is 39.0. The zero-order valence-electron chi connectivity index (χ0n) is 46.4. The summed E-state index contributed by atoms with van der Waals surface area (Å²) in [5, 5.41) is 52.4. The molecule has 3 saturated heterocycles. The van der Waals surface area contributed by atoms with E-state index in [0.717, 1.165) is 32.2 Å². The first-order chi connectivity index (χ1) is 34.3. The Morgan fingerprint density at radius 1 is 1.01 bits per heavy atom. The molecule has 0 bridgehead atoms. The van der Waals surface area contributed by atoms with Gasteiger partial charge in [0.15, 0.2) is 12.4 Å². The number of carbonyl (C=O) groups is 1. The van der Waals surface area contributed by atoms with E-state index in [1.54, 1.807) is 46.1 Å². The van der Waals surface area contributed by atoms with Gasteiger partial charge in [0, 0.05) is 82.6 Å². The smallest absolute Gasteiger partial charge is 0.310 e. The Morgan fingerprint density at radius 2 is 1.71 bits per heavy atom. The number of esters is 1. The van der Waals surface area contributed by atoms with E-state index in [1.165, 1.54) is 28.6 Å². The summed E-state index contributed by atoms with van der Waals surface area (Å²) < 4.78 is 32.7. The van der Waals surface area contributed by atoms with Crippen LogP contribution >= 0.6 is 11.3 Å². The minimum atomic E-state index is -1.95. The zero-order chi connectivity index (χ0) is 53.7. The van der Waals surface area contributed by atoms with Crippen LogP contribution in [-0.4, -0.2) is 176 Å². The van der Waals surface area contributed by atoms with Crippen LogP contribution in [0.15, 0.2) is 47.9 Å². The molecule has 5 N–H and O–H groups in total. The molecule has 0 amide bonds. The molecule has 0 aliphatic carbocycles. The van der Waals surface area contributed by atoms with E-state index in [4.69, 9.17) is 23.7 Å². The SMILES string of the molecule is CC#C[C@H]1OC(=O)[C@H](C)[C@@H](C2C[C@@](C)(OC)[C@@H](O)[C@H](C)O2)[C@H](C)[C@@H](O[C@H]2C[C@@H](N(C)CCC3=CN([C@H](CC)Cc4ccc(-c5cncs5)cc4)NN3C)C[C@@H](C)O2)[C@](C)(O)C[C@@H](C)CN(C)[C@H](C)[C@@H](O)[C@]1(C)O. The van der Waals surface area contributed by atoms with E-state index in [1.807, 2.05) is 44.4 Å². The molecule has 5 heterocycles. The van der Waals surface area contributed by atoms with Crippen LogP contribution in [0.3, 0.4) is 0 Å². The van der Waals surface area contributed by atoms with Gasteiger partial charge >= 0.3 is 5.97 Å². The number of aliphatic hydroxyl groups excluding tert-OH is 2. The molecule has 1 aromatic carbocycles. The van der Waals surface area contributed by atoms with Crippen molar-refractivity contribution in [3.8, 4) is 22.3 Å². The number of aromatic nitrogens is 1. The summed E-state index contributed by atoms with van der Waals surface area (Å²) in [5.41, 5.74) is 4.66. The summed E-state index contributed by atoms with van der Waals surface area (Å²) in [7, 11) is 7.65. The number of carbonyl (C=O) groups excluding carboxylic acids is 1. The molecule has 6 rings (SSSR count). The number of aliphatic hydroxyl groups is 4. The van der Waals surface area contributed by atoms with E-state index in [-0.39, 0.29) is 30.5 Å². The summed E-state index contributed by atoms with van der Waals surface area (Å²) in [4.78, 5) is 24.4. The zero-order valence-corrected chi connectivity index (χ0v) is 47.3. The number of rotatable bonds is 13. The number of thiazole rings is 1. The van der Waals surface area contributed by atoms with Crippen LogP contribution in [0.2, 0.25) is 0 Å². The van der Waals surface area contributed by atoms with Crippen LogP contribution < -0.4 is 5.53 Å². The topological polar surface area (TPSA) is 182 Å². The maximum atomic E-state index is 14.7. The molecule has 1 aromatic heterocycles. The van der Waals surface area contributed by atoms with Crippen molar-refractivity contribution in [2.24, 2.45) is 23.7 Å². The summed E-state index contributed by atoms with van der Waals surface area (Å²) in [6.07, 6.45) is 1.97. The van der Waals surface area contributed by atoms with Gasteiger partial charge in [-0.25, -0.2) is 0 Å². The monoisotopic (exact) mass is 1040 g/mol. The molecule has 2 aromatic rings. The third kappa shape index (κ3) is 13.9. The molecule has 0 radical (unpaired) electrons. The standard InChI is InChI=1S/C56H90N6O10S/c1-16-18-47-56(11,67)50(63)38(7)60(13)31-34(3)28-54(9,66)52(36(5)49(37(6)53(65)71-47)45-29-55(10,68-15)51(64)39(8)70-45)72-48-27-44(25-35(4)69-48)59(12)24-23-43-32-62(58-61(43)14)42(17-2)26-40-19-21-41(22-20-40)46-30-57-33-73-46/h19-22,30,32-39,42,44-45,47-52,58,63-64,66-67H,17,23-29,31H2,1-15H3/t34-,35-,36+,37-,38-,39+,42-,44+,45?,47-,48+,49+,50-,51+,52-,54-,55-,56-/m1/s1. The van der Waals surface area contributed by atoms with Gasteiger partial charge in [0.1, 0.15) is 17.8 Å². The molecule has 410 valence electrons. The highest BCUT2D eigenvalue weighted by Gasteiger charge is 2.54. The van der Waals surface area contributed by atoms with Crippen molar-refractivity contribution >= 4 is 17.3 Å². The second-order valence-electron chi connectivity index (χ2n) is 22.8. The molecular weight excluding hydrogens is 949 g/mol. The van der Waals surface area contributed by atoms with Crippen LogP contribution in [0.5, 0.6) is 0 Å². The van der Waals surface area contributed by atoms with Crippen LogP contribution in [0.4, 0.5) is 0 Å². The fourth-order valence-electron chi connectivity index (χ4n) is 12.2. The van der Waals surface area contributed by atoms with Gasteiger partial charge in [0.05, 0.1) is 58.0 Å². The first-order valence-corrected chi connectivity index (χ1v) is 27.5. The minimum Gasteiger partial charge on any atom is -0.446 e. The second-order valence-corrected chi connectivity index (χ2v) is 23.7. The molecule has 18 atom stereocenters. The maximum absolute atomic E-state index is 14.7. The van der Waals surface area contributed by atoms with Crippen molar-refractivity contribution in [2.45, 2.75) is 205 Å². The van der Waals surface area contributed by atoms with E-state index in [0.29, 0.717) is 19.4 Å². The van der Waals surface area contributed by atoms with E-state index in [9.17, 15) is 25.2 Å². The van der Waals surface area contributed by atoms with Crippen molar-refractivity contribution in [3.05, 3.63) is 53.4 Å². The van der Waals surface area contributed by atoms with Gasteiger partial charge in [0.2, 0.25) is 0 Å². The maximum Gasteiger partial charge on any atom is 0.310 e. The van der Waals surface area contributed by atoms with Gasteiger partial charge in [-0.2, -0.15) is 0 Å². The molecule has 0 spiro atoms. The lowest BCUT2D eigenvalue weighted by Crippen LogP contribution is -2.61. The fourth-order valence-corrected chi connectivity index (χ4v) is 12.8. The Kier molecular flexibility index (Phi) is 20.1. The average molecular weight is 1040 g/mol. The molecule has 1 unspecified atom stereocenters. The number of ether oxygens (including phenoxy) is 5. The summed E-state index contributed by atoms with van der Waals surface area (Å²) >= 11 is 1.65. The van der Waals surface area contributed by atoms with Crippen LogP contribution in [0.1, 0.15) is 120 Å². The van der Waals surface area contributed by atoms with Crippen molar-refractivity contribution in [2.75, 3.05) is 41.3 Å². The minimum absolute atomic E-state index is 0.102. The lowest BCUT2D eigenvalue weighted by atomic mass is 9.68. The molecule has 73 heavy (non-hydrogen) atoms. The van der Waals surface area contributed by atoms with Gasteiger partial charge in [-0.3, -0.25) is 19.8 Å². The third-order valence-corrected chi connectivity index (χ3v) is 17.7. The molecule has 4 aliphatic rings. The van der Waals surface area contributed by atoms with Crippen molar-refractivity contribution in [1.29, 1.82) is 0 Å². The molecular formula is C56H90N6O10S. The van der Waals surface area contributed by atoms with Gasteiger partial charge < -0.3 is 53.9 Å². The number of nitrogens with one attached hydrogen (secondary N) is 1. The third-order valence-electron chi connectivity index (χ3n) is 16.8. The Bertz CT molecular complexity index is 2170. The summed E-state index contributed by atoms with van der Waals surface area (Å²) in [6.45, 7) is 21.6. The van der Waals surface area contributed by atoms with Crippen molar-refractivity contribution < 1.29 is 48.9 Å². The van der Waals surface area contributed by atoms with Crippen molar-refractivity contribution in [1.82, 2.24) is 30.3 Å². The van der Waals surface area contributed by atoms with Gasteiger partial charge in [-0.05, 0) is 111 Å². The number of hydrazine groups is 2. The molecule has 0 saturated carbocycles. The molecule has 4 aliphatic heterocycles. The van der Waals surface area contributed by atoms with Crippen LogP contribution in [0, 0.1) is 35.5 Å².